The number of ether oxygens (including phenoxy) is 1. The minimum absolute atomic E-state index is 0. The largest absolute Gasteiger partial charge is 1.00 e. The van der Waals surface area contributed by atoms with Gasteiger partial charge in [-0.2, -0.15) is 0 Å². The van der Waals surface area contributed by atoms with Gasteiger partial charge >= 0.3 is 5.97 Å². The first-order valence-electron chi connectivity index (χ1n) is 4.77. The van der Waals surface area contributed by atoms with E-state index in [9.17, 15) is 4.79 Å². The van der Waals surface area contributed by atoms with E-state index in [1.165, 1.54) is 7.11 Å². The minimum atomic E-state index is -0.796. The fraction of sp³-hybridized carbons (Fsp3) is 0.308. The Morgan fingerprint density at radius 3 is 2.00 bits per heavy atom. The fourth-order valence-corrected chi connectivity index (χ4v) is 1.34. The third kappa shape index (κ3) is 5.49. The van der Waals surface area contributed by atoms with Crippen molar-refractivity contribution in [2.45, 2.75) is 13.8 Å². The predicted octanol–water partition coefficient (Wildman–Crippen LogP) is -3.67. The maximum atomic E-state index is 11.5. The number of methoxy groups -OCH3 is 1. The Balaban J connectivity index is -0.000000750. The van der Waals surface area contributed by atoms with Crippen LogP contribution in [0, 0.1) is 12.0 Å². The van der Waals surface area contributed by atoms with E-state index in [1.807, 2.05) is 30.3 Å². The summed E-state index contributed by atoms with van der Waals surface area (Å²) in [5, 5.41) is 0. The molecule has 0 fully saturated rings. The van der Waals surface area contributed by atoms with Gasteiger partial charge in [-0.15, -0.1) is 0 Å². The van der Waals surface area contributed by atoms with Gasteiger partial charge in [0, 0.05) is 25.8 Å². The second kappa shape index (κ2) is 10.1. The summed E-state index contributed by atoms with van der Waals surface area (Å²) in [7, 11) is 1.36. The molecule has 0 atom stereocenters. The average molecular weight is 478 g/mol. The molecule has 0 saturated carbocycles. The number of rotatable bonds is 3. The molecule has 0 saturated heterocycles. The van der Waals surface area contributed by atoms with Gasteiger partial charge in [-0.05, 0) is 25.0 Å². The summed E-state index contributed by atoms with van der Waals surface area (Å²) < 4.78 is 4.72. The van der Waals surface area contributed by atoms with Crippen molar-refractivity contribution in [3.8, 4) is 0 Å². The van der Waals surface area contributed by atoms with Crippen LogP contribution in [0.4, 0.5) is 0 Å². The molecule has 98 valence electrons. The van der Waals surface area contributed by atoms with Crippen LogP contribution in [-0.2, 0) is 9.53 Å². The van der Waals surface area contributed by atoms with Gasteiger partial charge in [-0.1, -0.05) is 36.9 Å². The van der Waals surface area contributed by atoms with E-state index in [1.54, 1.807) is 13.8 Å². The molecule has 2 nitrogen and oxygen atoms in total. The van der Waals surface area contributed by atoms with Gasteiger partial charge < -0.3 is 38.7 Å². The van der Waals surface area contributed by atoms with Crippen molar-refractivity contribution in [1.82, 2.24) is 0 Å². The zero-order valence-corrected chi connectivity index (χ0v) is 17.1. The quantitative estimate of drug-likeness (QED) is 0.420. The first-order valence-corrected chi connectivity index (χ1v) is 4.77. The summed E-state index contributed by atoms with van der Waals surface area (Å²) in [6.45, 7) is 9.47. The van der Waals surface area contributed by atoms with E-state index in [-0.39, 0.29) is 65.8 Å². The molecule has 1 aromatic carbocycles. The normalized spacial score (nSPS) is 9.06. The van der Waals surface area contributed by atoms with E-state index in [2.05, 4.69) is 0 Å². The van der Waals surface area contributed by atoms with E-state index < -0.39 is 5.41 Å². The molecular formula is C13H15Br2InO2-2. The van der Waals surface area contributed by atoms with Crippen LogP contribution < -0.4 is 34.0 Å². The van der Waals surface area contributed by atoms with Crippen LogP contribution in [0.25, 0.3) is 5.57 Å². The summed E-state index contributed by atoms with van der Waals surface area (Å²) in [5.41, 5.74) is 0.582. The van der Waals surface area contributed by atoms with Crippen LogP contribution >= 0.6 is 0 Å². The number of hydrogen-bond donors (Lipinski definition) is 0. The summed E-state index contributed by atoms with van der Waals surface area (Å²) in [6.07, 6.45) is 0. The summed E-state index contributed by atoms with van der Waals surface area (Å²) in [5.74, 6) is -0.330. The van der Waals surface area contributed by atoms with Gasteiger partial charge in [-0.25, -0.2) is 0 Å². The third-order valence-electron chi connectivity index (χ3n) is 2.45. The number of halogens is 2. The van der Waals surface area contributed by atoms with Crippen molar-refractivity contribution in [2.75, 3.05) is 7.11 Å². The molecule has 18 heavy (non-hydrogen) atoms. The first-order chi connectivity index (χ1) is 7.00. The molecule has 4 radical (unpaired) electrons. The number of esters is 1. The van der Waals surface area contributed by atoms with Gasteiger partial charge in [0.05, 0.1) is 12.5 Å². The molecule has 5 heteroatoms. The molecule has 0 aliphatic carbocycles. The second-order valence-electron chi connectivity index (χ2n) is 3.90. The van der Waals surface area contributed by atoms with Crippen molar-refractivity contribution in [3.05, 3.63) is 42.5 Å². The molecule has 0 aromatic heterocycles. The van der Waals surface area contributed by atoms with Crippen LogP contribution in [-0.4, -0.2) is 38.9 Å². The Morgan fingerprint density at radius 1 is 1.17 bits per heavy atom. The molecule has 0 amide bonds. The van der Waals surface area contributed by atoms with Crippen molar-refractivity contribution in [1.29, 1.82) is 0 Å². The summed E-state index contributed by atoms with van der Waals surface area (Å²) in [4.78, 5) is 11.5. The molecule has 0 heterocycles. The fourth-order valence-electron chi connectivity index (χ4n) is 1.34. The van der Waals surface area contributed by atoms with Crippen LogP contribution in [0.1, 0.15) is 19.4 Å². The Morgan fingerprint density at radius 2 is 1.61 bits per heavy atom. The molecule has 0 aliphatic rings. The zero-order chi connectivity index (χ0) is 11.5. The van der Waals surface area contributed by atoms with Gasteiger partial charge in [0.1, 0.15) is 0 Å². The second-order valence-corrected chi connectivity index (χ2v) is 3.90. The van der Waals surface area contributed by atoms with Gasteiger partial charge in [0.15, 0.2) is 0 Å². The van der Waals surface area contributed by atoms with Crippen LogP contribution in [0.5, 0.6) is 0 Å². The molecule has 0 N–H and O–H groups in total. The average Bonchev–Trinajstić information content (AvgIpc) is 2.28. The molecule has 0 spiro atoms. The number of carbonyl (C=O) groups excluding carboxylic acids is 1. The summed E-state index contributed by atoms with van der Waals surface area (Å²) in [6, 6.07) is 9.42. The minimum Gasteiger partial charge on any atom is -1.00 e. The van der Waals surface area contributed by atoms with Crippen molar-refractivity contribution >= 4 is 37.4 Å². The Labute approximate surface area is 149 Å². The monoisotopic (exact) mass is 476 g/mol. The van der Waals surface area contributed by atoms with Crippen LogP contribution in [0.2, 0.25) is 0 Å². The zero-order valence-electron chi connectivity index (χ0n) is 10.6. The van der Waals surface area contributed by atoms with E-state index in [0.29, 0.717) is 5.57 Å². The third-order valence-corrected chi connectivity index (χ3v) is 2.45. The van der Waals surface area contributed by atoms with E-state index >= 15 is 0 Å². The Bertz CT molecular complexity index is 378. The standard InChI is InChI=1S/C13H15O2.2BrH.In/c1-10(11-8-6-5-7-9-11)13(2,3)12(14)15-4;;;/h1,5-9H,2-4H3;2*1H;/p-2. The predicted molar refractivity (Wildman–Crippen MR) is 65.7 cm³/mol. The Hall–Kier alpha value is 0.260. The van der Waals surface area contributed by atoms with Gasteiger partial charge in [0.25, 0.3) is 0 Å². The molecule has 0 bridgehead atoms. The number of carbonyl (C=O) groups is 1. The molecule has 0 unspecified atom stereocenters. The maximum Gasteiger partial charge on any atom is 0.315 e. The smallest absolute Gasteiger partial charge is 0.315 e. The summed E-state index contributed by atoms with van der Waals surface area (Å²) >= 11 is 0. The van der Waals surface area contributed by atoms with Crippen molar-refractivity contribution in [2.24, 2.45) is 5.41 Å². The van der Waals surface area contributed by atoms with Crippen molar-refractivity contribution < 1.29 is 43.5 Å². The topological polar surface area (TPSA) is 26.3 Å². The SMILES string of the molecule is [Br-].[Br-].[CH]=C(c1ccccc1)C(C)(C)C(=O)OC.[In]. The van der Waals surface area contributed by atoms with Gasteiger partial charge in [0.2, 0.25) is 0 Å². The van der Waals surface area contributed by atoms with E-state index in [4.69, 9.17) is 11.3 Å². The molecular weight excluding hydrogens is 463 g/mol. The number of benzene rings is 1. The van der Waals surface area contributed by atoms with Crippen molar-refractivity contribution in [3.63, 3.8) is 0 Å². The van der Waals surface area contributed by atoms with Crippen LogP contribution in [0.15, 0.2) is 30.3 Å². The Kier molecular flexibility index (Phi) is 13.1. The molecule has 1 rings (SSSR count). The van der Waals surface area contributed by atoms with Crippen LogP contribution in [0.3, 0.4) is 0 Å². The van der Waals surface area contributed by atoms with Gasteiger partial charge in [-0.3, -0.25) is 4.79 Å². The maximum absolute atomic E-state index is 11.5. The van der Waals surface area contributed by atoms with E-state index in [0.717, 1.165) is 5.56 Å². The molecule has 1 aromatic rings. The molecule has 0 aliphatic heterocycles. The number of hydrogen-bond acceptors (Lipinski definition) is 2. The first kappa shape index (κ1) is 23.4.